The molecule has 0 fully saturated rings. The number of imidazole rings is 1. The molecule has 0 bridgehead atoms. The van der Waals surface area contributed by atoms with Crippen molar-refractivity contribution in [2.75, 3.05) is 0 Å². The van der Waals surface area contributed by atoms with Crippen molar-refractivity contribution in [3.05, 3.63) is 57.8 Å². The van der Waals surface area contributed by atoms with Gasteiger partial charge in [-0.2, -0.15) is 0 Å². The van der Waals surface area contributed by atoms with Gasteiger partial charge in [-0.05, 0) is 53.3 Å². The van der Waals surface area contributed by atoms with Crippen molar-refractivity contribution in [1.29, 1.82) is 0 Å². The summed E-state index contributed by atoms with van der Waals surface area (Å²) in [7, 11) is 0. The highest BCUT2D eigenvalue weighted by Crippen LogP contribution is 2.26. The van der Waals surface area contributed by atoms with E-state index in [0.717, 1.165) is 14.9 Å². The van der Waals surface area contributed by atoms with Gasteiger partial charge in [0.2, 0.25) is 0 Å². The van der Waals surface area contributed by atoms with E-state index in [4.69, 9.17) is 4.74 Å². The highest BCUT2D eigenvalue weighted by atomic mass is 127. The topological polar surface area (TPSA) is 26.5 Å². The normalized spacial score (nSPS) is 10.9. The standard InChI is InChI=1S/C14H10FIN2O/c1-9-2-3-10(15)6-12(9)19-11-4-5-14-17-7-13(16)18(14)8-11/h2-8H,1H3. The molecule has 0 aliphatic carbocycles. The van der Waals surface area contributed by atoms with Gasteiger partial charge in [0.1, 0.15) is 26.7 Å². The first-order chi connectivity index (χ1) is 9.13. The zero-order chi connectivity index (χ0) is 13.4. The van der Waals surface area contributed by atoms with Crippen LogP contribution < -0.4 is 4.74 Å². The molecule has 3 nitrogen and oxygen atoms in total. The Kier molecular flexibility index (Phi) is 3.14. The predicted molar refractivity (Wildman–Crippen MR) is 79.1 cm³/mol. The fourth-order valence-corrected chi connectivity index (χ4v) is 2.33. The van der Waals surface area contributed by atoms with Gasteiger partial charge in [0.25, 0.3) is 0 Å². The van der Waals surface area contributed by atoms with Crippen molar-refractivity contribution in [2.24, 2.45) is 0 Å². The Balaban J connectivity index is 2.00. The Morgan fingerprint density at radius 1 is 1.26 bits per heavy atom. The molecular formula is C14H10FIN2O. The molecule has 96 valence electrons. The Morgan fingerprint density at radius 2 is 2.11 bits per heavy atom. The number of fused-ring (bicyclic) bond motifs is 1. The van der Waals surface area contributed by atoms with Crippen LogP contribution >= 0.6 is 22.6 Å². The third-order valence-electron chi connectivity index (χ3n) is 2.81. The van der Waals surface area contributed by atoms with E-state index in [1.54, 1.807) is 12.3 Å². The first-order valence-corrected chi connectivity index (χ1v) is 6.78. The van der Waals surface area contributed by atoms with Crippen LogP contribution in [0, 0.1) is 16.4 Å². The molecule has 1 aromatic carbocycles. The predicted octanol–water partition coefficient (Wildman–Crippen LogP) is 4.18. The smallest absolute Gasteiger partial charge is 0.144 e. The summed E-state index contributed by atoms with van der Waals surface area (Å²) in [5.74, 6) is 0.866. The number of pyridine rings is 1. The summed E-state index contributed by atoms with van der Waals surface area (Å²) < 4.78 is 21.9. The lowest BCUT2D eigenvalue weighted by Crippen LogP contribution is -1.92. The van der Waals surface area contributed by atoms with Gasteiger partial charge >= 0.3 is 0 Å². The van der Waals surface area contributed by atoms with E-state index >= 15 is 0 Å². The van der Waals surface area contributed by atoms with Gasteiger partial charge in [-0.15, -0.1) is 0 Å². The largest absolute Gasteiger partial charge is 0.455 e. The summed E-state index contributed by atoms with van der Waals surface area (Å²) >= 11 is 2.20. The average Bonchev–Trinajstić information content (AvgIpc) is 2.76. The van der Waals surface area contributed by atoms with Crippen LogP contribution in [0.15, 0.2) is 42.7 Å². The Labute approximate surface area is 123 Å². The fourth-order valence-electron chi connectivity index (χ4n) is 1.80. The highest BCUT2D eigenvalue weighted by Gasteiger charge is 2.06. The summed E-state index contributed by atoms with van der Waals surface area (Å²) in [4.78, 5) is 4.24. The SMILES string of the molecule is Cc1ccc(F)cc1Oc1ccc2ncc(I)n2c1. The van der Waals surface area contributed by atoms with E-state index < -0.39 is 0 Å². The van der Waals surface area contributed by atoms with Gasteiger partial charge < -0.3 is 4.74 Å². The number of rotatable bonds is 2. The second kappa shape index (κ2) is 4.80. The number of hydrogen-bond donors (Lipinski definition) is 0. The van der Waals surface area contributed by atoms with Crippen LogP contribution in [0.5, 0.6) is 11.5 Å². The molecule has 0 saturated carbocycles. The van der Waals surface area contributed by atoms with Gasteiger partial charge in [-0.25, -0.2) is 9.37 Å². The van der Waals surface area contributed by atoms with E-state index in [1.165, 1.54) is 12.1 Å². The number of aryl methyl sites for hydroxylation is 1. The second-order valence-corrected chi connectivity index (χ2v) is 5.29. The zero-order valence-corrected chi connectivity index (χ0v) is 12.3. The number of nitrogens with zero attached hydrogens (tertiary/aromatic N) is 2. The van der Waals surface area contributed by atoms with E-state index in [2.05, 4.69) is 27.6 Å². The van der Waals surface area contributed by atoms with Crippen molar-refractivity contribution in [3.8, 4) is 11.5 Å². The summed E-state index contributed by atoms with van der Waals surface area (Å²) in [6, 6.07) is 8.20. The maximum Gasteiger partial charge on any atom is 0.144 e. The summed E-state index contributed by atoms with van der Waals surface area (Å²) in [6.45, 7) is 1.88. The molecule has 0 aliphatic heterocycles. The van der Waals surface area contributed by atoms with Crippen LogP contribution in [0.2, 0.25) is 0 Å². The number of ether oxygens (including phenoxy) is 1. The van der Waals surface area contributed by atoms with Crippen molar-refractivity contribution >= 4 is 28.2 Å². The van der Waals surface area contributed by atoms with Crippen LogP contribution in [0.1, 0.15) is 5.56 Å². The molecular weight excluding hydrogens is 358 g/mol. The lowest BCUT2D eigenvalue weighted by molar-refractivity contribution is 0.470. The van der Waals surface area contributed by atoms with Crippen molar-refractivity contribution in [1.82, 2.24) is 9.38 Å². The highest BCUT2D eigenvalue weighted by molar-refractivity contribution is 14.1. The van der Waals surface area contributed by atoms with Crippen LogP contribution in [-0.4, -0.2) is 9.38 Å². The Morgan fingerprint density at radius 3 is 2.95 bits per heavy atom. The van der Waals surface area contributed by atoms with Crippen LogP contribution in [0.25, 0.3) is 5.65 Å². The van der Waals surface area contributed by atoms with E-state index in [9.17, 15) is 4.39 Å². The quantitative estimate of drug-likeness (QED) is 0.635. The average molecular weight is 368 g/mol. The minimum absolute atomic E-state index is 0.307. The lowest BCUT2D eigenvalue weighted by atomic mass is 10.2. The molecule has 2 aromatic heterocycles. The maximum absolute atomic E-state index is 13.2. The summed E-state index contributed by atoms with van der Waals surface area (Å²) in [6.07, 6.45) is 3.63. The minimum atomic E-state index is -0.307. The molecule has 0 atom stereocenters. The lowest BCUT2D eigenvalue weighted by Gasteiger charge is -2.09. The Hall–Kier alpha value is -1.63. The van der Waals surface area contributed by atoms with E-state index in [0.29, 0.717) is 11.5 Å². The molecule has 0 radical (unpaired) electrons. The molecule has 0 spiro atoms. The second-order valence-electron chi connectivity index (χ2n) is 4.19. The molecule has 0 N–H and O–H groups in total. The van der Waals surface area contributed by atoms with Gasteiger partial charge in [0.05, 0.1) is 12.4 Å². The van der Waals surface area contributed by atoms with Crippen molar-refractivity contribution in [2.45, 2.75) is 6.92 Å². The molecule has 0 amide bonds. The summed E-state index contributed by atoms with van der Waals surface area (Å²) in [5, 5.41) is 0. The first kappa shape index (κ1) is 12.4. The molecule has 3 rings (SSSR count). The summed E-state index contributed by atoms with van der Waals surface area (Å²) in [5.41, 5.74) is 1.74. The van der Waals surface area contributed by atoms with Crippen molar-refractivity contribution < 1.29 is 9.13 Å². The zero-order valence-electron chi connectivity index (χ0n) is 10.1. The van der Waals surface area contributed by atoms with E-state index in [1.807, 2.05) is 29.7 Å². The minimum Gasteiger partial charge on any atom is -0.455 e. The molecule has 0 aliphatic rings. The van der Waals surface area contributed by atoms with Crippen LogP contribution in [0.4, 0.5) is 4.39 Å². The van der Waals surface area contributed by atoms with Crippen LogP contribution in [-0.2, 0) is 0 Å². The van der Waals surface area contributed by atoms with Gasteiger partial charge in [0, 0.05) is 6.07 Å². The molecule has 5 heteroatoms. The molecule has 19 heavy (non-hydrogen) atoms. The number of hydrogen-bond acceptors (Lipinski definition) is 2. The third kappa shape index (κ3) is 2.42. The van der Waals surface area contributed by atoms with Gasteiger partial charge in [0.15, 0.2) is 0 Å². The van der Waals surface area contributed by atoms with Gasteiger partial charge in [-0.3, -0.25) is 4.40 Å². The molecule has 3 aromatic rings. The van der Waals surface area contributed by atoms with Crippen LogP contribution in [0.3, 0.4) is 0 Å². The number of halogens is 2. The molecule has 2 heterocycles. The molecule has 0 unspecified atom stereocenters. The van der Waals surface area contributed by atoms with E-state index in [-0.39, 0.29) is 5.82 Å². The van der Waals surface area contributed by atoms with Gasteiger partial charge in [-0.1, -0.05) is 6.07 Å². The third-order valence-corrected chi connectivity index (χ3v) is 3.61. The monoisotopic (exact) mass is 368 g/mol. The number of aromatic nitrogens is 2. The Bertz CT molecular complexity index is 754. The fraction of sp³-hybridized carbons (Fsp3) is 0.0714. The number of benzene rings is 1. The molecule has 0 saturated heterocycles. The first-order valence-electron chi connectivity index (χ1n) is 5.70. The van der Waals surface area contributed by atoms with Crippen molar-refractivity contribution in [3.63, 3.8) is 0 Å². The maximum atomic E-state index is 13.2.